The van der Waals surface area contributed by atoms with Gasteiger partial charge in [-0.1, -0.05) is 12.1 Å². The van der Waals surface area contributed by atoms with Crippen molar-refractivity contribution < 1.29 is 14.7 Å². The number of nitrogens with zero attached hydrogens (tertiary/aromatic N) is 3. The van der Waals surface area contributed by atoms with E-state index in [1.807, 2.05) is 45.7 Å². The van der Waals surface area contributed by atoms with Crippen LogP contribution in [0.1, 0.15) is 12.0 Å². The summed E-state index contributed by atoms with van der Waals surface area (Å²) in [7, 11) is 0. The molecule has 140 valence electrons. The number of hydrogen-bond donors (Lipinski definition) is 2. The Morgan fingerprint density at radius 3 is 2.68 bits per heavy atom. The van der Waals surface area contributed by atoms with Gasteiger partial charge in [0.15, 0.2) is 0 Å². The largest absolute Gasteiger partial charge is 0.478 e. The molecule has 0 fully saturated rings. The Kier molecular flexibility index (Phi) is 4.41. The smallest absolute Gasteiger partial charge is 0.328 e. The summed E-state index contributed by atoms with van der Waals surface area (Å²) in [6.07, 6.45) is 8.22. The first-order valence-corrected chi connectivity index (χ1v) is 8.76. The number of amides is 1. The molecule has 28 heavy (non-hydrogen) atoms. The van der Waals surface area contributed by atoms with Gasteiger partial charge in [-0.3, -0.25) is 4.79 Å². The molecule has 0 radical (unpaired) electrons. The highest BCUT2D eigenvalue weighted by Gasteiger charge is 2.13. The fourth-order valence-corrected chi connectivity index (χ4v) is 3.41. The molecule has 0 aliphatic rings. The highest BCUT2D eigenvalue weighted by Crippen LogP contribution is 2.32. The van der Waals surface area contributed by atoms with E-state index in [1.165, 1.54) is 0 Å². The number of primary amides is 1. The molecule has 0 aliphatic heterocycles. The fourth-order valence-electron chi connectivity index (χ4n) is 3.41. The van der Waals surface area contributed by atoms with Gasteiger partial charge in [0.25, 0.3) is 0 Å². The number of nitrogens with two attached hydrogens (primary N) is 1. The predicted molar refractivity (Wildman–Crippen MR) is 107 cm³/mol. The van der Waals surface area contributed by atoms with E-state index in [0.29, 0.717) is 6.54 Å². The second-order valence-electron chi connectivity index (χ2n) is 6.49. The Morgan fingerprint density at radius 2 is 1.96 bits per heavy atom. The summed E-state index contributed by atoms with van der Waals surface area (Å²) < 4.78 is 3.97. The third kappa shape index (κ3) is 3.25. The summed E-state index contributed by atoms with van der Waals surface area (Å²) in [5.41, 5.74) is 9.02. The molecule has 0 aliphatic carbocycles. The number of hydrogen-bond acceptors (Lipinski definition) is 3. The second-order valence-corrected chi connectivity index (χ2v) is 6.49. The van der Waals surface area contributed by atoms with Crippen molar-refractivity contribution in [2.45, 2.75) is 13.0 Å². The van der Waals surface area contributed by atoms with Gasteiger partial charge in [-0.25, -0.2) is 9.78 Å². The molecule has 1 amide bonds. The lowest BCUT2D eigenvalue weighted by Crippen LogP contribution is -2.13. The van der Waals surface area contributed by atoms with Gasteiger partial charge in [0, 0.05) is 58.9 Å². The van der Waals surface area contributed by atoms with Gasteiger partial charge >= 0.3 is 5.97 Å². The van der Waals surface area contributed by atoms with Crippen LogP contribution in [0.3, 0.4) is 0 Å². The van der Waals surface area contributed by atoms with E-state index in [-0.39, 0.29) is 12.3 Å². The van der Waals surface area contributed by atoms with Crippen LogP contribution in [0.5, 0.6) is 0 Å². The van der Waals surface area contributed by atoms with Crippen molar-refractivity contribution in [3.05, 3.63) is 66.8 Å². The minimum atomic E-state index is -1.00. The molecule has 2 aromatic heterocycles. The van der Waals surface area contributed by atoms with Crippen molar-refractivity contribution in [1.82, 2.24) is 14.1 Å². The van der Waals surface area contributed by atoms with Crippen molar-refractivity contribution >= 4 is 39.8 Å². The maximum Gasteiger partial charge on any atom is 0.328 e. The number of fused-ring (bicyclic) bond motifs is 3. The number of aliphatic carboxylic acids is 1. The van der Waals surface area contributed by atoms with Crippen LogP contribution in [0.25, 0.3) is 33.6 Å². The van der Waals surface area contributed by atoms with E-state index >= 15 is 0 Å². The SMILES string of the molecule is NC(=O)CCn1c2ccc(-n3ccnc3)cc2c2ccc(/C=C\C(=O)O)cc21. The average Bonchev–Trinajstić information content (AvgIpc) is 3.30. The zero-order chi connectivity index (χ0) is 19.7. The Balaban J connectivity index is 1.92. The van der Waals surface area contributed by atoms with Crippen LogP contribution in [0.2, 0.25) is 0 Å². The molecule has 4 rings (SSSR count). The lowest BCUT2D eigenvalue weighted by Gasteiger charge is -2.07. The first-order chi connectivity index (χ1) is 13.5. The molecule has 0 bridgehead atoms. The number of imidazole rings is 1. The summed E-state index contributed by atoms with van der Waals surface area (Å²) in [5.74, 6) is -1.37. The third-order valence-corrected chi connectivity index (χ3v) is 4.68. The number of rotatable bonds is 6. The van der Waals surface area contributed by atoms with Crippen molar-refractivity contribution in [1.29, 1.82) is 0 Å². The first kappa shape index (κ1) is 17.5. The molecule has 0 spiro atoms. The lowest BCUT2D eigenvalue weighted by atomic mass is 10.1. The van der Waals surface area contributed by atoms with Crippen LogP contribution >= 0.6 is 0 Å². The molecule has 0 atom stereocenters. The van der Waals surface area contributed by atoms with Gasteiger partial charge in [0.1, 0.15) is 0 Å². The number of carboxylic acids is 1. The fraction of sp³-hybridized carbons (Fsp3) is 0.0952. The summed E-state index contributed by atoms with van der Waals surface area (Å²) >= 11 is 0. The first-order valence-electron chi connectivity index (χ1n) is 8.76. The van der Waals surface area contributed by atoms with E-state index in [1.54, 1.807) is 18.6 Å². The highest BCUT2D eigenvalue weighted by molar-refractivity contribution is 6.09. The van der Waals surface area contributed by atoms with E-state index in [2.05, 4.69) is 11.1 Å². The van der Waals surface area contributed by atoms with E-state index in [9.17, 15) is 9.59 Å². The normalized spacial score (nSPS) is 11.6. The summed E-state index contributed by atoms with van der Waals surface area (Å²) in [6, 6.07) is 11.9. The Bertz CT molecular complexity index is 1220. The van der Waals surface area contributed by atoms with Gasteiger partial charge in [0.05, 0.1) is 6.33 Å². The van der Waals surface area contributed by atoms with Crippen LogP contribution < -0.4 is 5.73 Å². The van der Waals surface area contributed by atoms with Crippen LogP contribution in [-0.4, -0.2) is 31.1 Å². The zero-order valence-electron chi connectivity index (χ0n) is 14.9. The molecular weight excluding hydrogens is 356 g/mol. The molecule has 3 N–H and O–H groups in total. The summed E-state index contributed by atoms with van der Waals surface area (Å²) in [4.78, 5) is 26.3. The van der Waals surface area contributed by atoms with Gasteiger partial charge in [-0.15, -0.1) is 0 Å². The van der Waals surface area contributed by atoms with Crippen LogP contribution in [0.15, 0.2) is 61.2 Å². The highest BCUT2D eigenvalue weighted by atomic mass is 16.4. The zero-order valence-corrected chi connectivity index (χ0v) is 14.9. The van der Waals surface area contributed by atoms with Crippen molar-refractivity contribution in [2.75, 3.05) is 0 Å². The summed E-state index contributed by atoms with van der Waals surface area (Å²) in [6.45, 7) is 0.450. The Labute approximate surface area is 160 Å². The number of aryl methyl sites for hydroxylation is 1. The minimum Gasteiger partial charge on any atom is -0.478 e. The van der Waals surface area contributed by atoms with Crippen LogP contribution in [0, 0.1) is 0 Å². The number of carboxylic acid groups (broad SMARTS) is 1. The maximum atomic E-state index is 11.3. The topological polar surface area (TPSA) is 103 Å². The van der Waals surface area contributed by atoms with Gasteiger partial charge < -0.3 is 20.0 Å². The maximum absolute atomic E-state index is 11.3. The van der Waals surface area contributed by atoms with Crippen molar-refractivity contribution in [2.24, 2.45) is 5.73 Å². The average molecular weight is 374 g/mol. The molecule has 2 heterocycles. The molecule has 2 aromatic carbocycles. The molecule has 7 heteroatoms. The number of carbonyl (C=O) groups is 2. The Morgan fingerprint density at radius 1 is 1.11 bits per heavy atom. The predicted octanol–water partition coefficient (Wildman–Crippen LogP) is 2.95. The van der Waals surface area contributed by atoms with Crippen LogP contribution in [-0.2, 0) is 16.1 Å². The lowest BCUT2D eigenvalue weighted by molar-refractivity contribution is -0.131. The standard InChI is InChI=1S/C21H18N4O3/c22-20(26)7-9-25-18-5-3-15(24-10-8-23-13-24)12-17(18)16-4-1-14(11-19(16)25)2-6-21(27)28/h1-6,8,10-13H,7,9H2,(H2,22,26)(H,27,28)/b6-2-. The number of benzene rings is 2. The van der Waals surface area contributed by atoms with Crippen molar-refractivity contribution in [3.63, 3.8) is 0 Å². The van der Waals surface area contributed by atoms with Gasteiger partial charge in [0.2, 0.25) is 5.91 Å². The molecule has 0 saturated carbocycles. The minimum absolute atomic E-state index is 0.220. The van der Waals surface area contributed by atoms with Crippen molar-refractivity contribution in [3.8, 4) is 5.69 Å². The molecular formula is C21H18N4O3. The second kappa shape index (κ2) is 7.03. The van der Waals surface area contributed by atoms with Gasteiger partial charge in [-0.05, 0) is 35.9 Å². The number of aromatic nitrogens is 3. The van der Waals surface area contributed by atoms with E-state index < -0.39 is 5.97 Å². The molecule has 4 aromatic rings. The molecule has 0 unspecified atom stereocenters. The van der Waals surface area contributed by atoms with E-state index in [4.69, 9.17) is 10.8 Å². The van der Waals surface area contributed by atoms with E-state index in [0.717, 1.165) is 39.1 Å². The monoisotopic (exact) mass is 374 g/mol. The third-order valence-electron chi connectivity index (χ3n) is 4.68. The quantitative estimate of drug-likeness (QED) is 0.506. The molecule has 7 nitrogen and oxygen atoms in total. The summed E-state index contributed by atoms with van der Waals surface area (Å²) in [5, 5.41) is 10.9. The van der Waals surface area contributed by atoms with Crippen LogP contribution in [0.4, 0.5) is 0 Å². The van der Waals surface area contributed by atoms with Gasteiger partial charge in [-0.2, -0.15) is 0 Å². The molecule has 0 saturated heterocycles. The number of carbonyl (C=O) groups excluding carboxylic acids is 1. The Hall–Kier alpha value is -3.87.